The highest BCUT2D eigenvalue weighted by Crippen LogP contribution is 2.22. The first-order chi connectivity index (χ1) is 10.1. The van der Waals surface area contributed by atoms with Gasteiger partial charge in [-0.3, -0.25) is 9.36 Å². The summed E-state index contributed by atoms with van der Waals surface area (Å²) in [5.41, 5.74) is 0.747. The molecule has 0 aliphatic heterocycles. The molecule has 0 atom stereocenters. The molecule has 0 fully saturated rings. The van der Waals surface area contributed by atoms with Crippen molar-refractivity contribution < 1.29 is 4.39 Å². The highest BCUT2D eigenvalue weighted by molar-refractivity contribution is 9.10. The topological polar surface area (TPSA) is 34.9 Å². The molecule has 0 spiro atoms. The van der Waals surface area contributed by atoms with Gasteiger partial charge in [0.1, 0.15) is 11.6 Å². The molecule has 0 aliphatic carbocycles. The number of para-hydroxylation sites is 1. The van der Waals surface area contributed by atoms with Gasteiger partial charge in [0, 0.05) is 4.47 Å². The van der Waals surface area contributed by atoms with Crippen LogP contribution in [-0.2, 0) is 0 Å². The van der Waals surface area contributed by atoms with Gasteiger partial charge >= 0.3 is 0 Å². The first kappa shape index (κ1) is 13.7. The number of rotatable bonds is 2. The highest BCUT2D eigenvalue weighted by atomic mass is 79.9. The van der Waals surface area contributed by atoms with E-state index in [4.69, 9.17) is 0 Å². The summed E-state index contributed by atoms with van der Waals surface area (Å²) in [5.74, 6) is -0.0579. The van der Waals surface area contributed by atoms with Crippen molar-refractivity contribution >= 4 is 32.9 Å². The van der Waals surface area contributed by atoms with E-state index in [1.54, 1.807) is 6.07 Å². The summed E-state index contributed by atoms with van der Waals surface area (Å²) in [7, 11) is 0. The minimum absolute atomic E-state index is 0.233. The molecule has 3 rings (SSSR count). The summed E-state index contributed by atoms with van der Waals surface area (Å²) in [6.45, 7) is 3.70. The molecule has 0 radical (unpaired) electrons. The zero-order chi connectivity index (χ0) is 15.0. The monoisotopic (exact) mass is 344 g/mol. The van der Waals surface area contributed by atoms with Crippen LogP contribution in [0.25, 0.3) is 22.7 Å². The number of benzene rings is 2. The molecule has 0 saturated heterocycles. The molecular formula is C16H10BrFN2O. The standard InChI is InChI=1S/C16H10BrFN2O/c1-2-15-19-13-8-7-10(18)9-11(13)16(21)20(15)14-6-4-3-5-12(14)17/h2-9H,1H2. The van der Waals surface area contributed by atoms with Gasteiger partial charge in [0.25, 0.3) is 5.56 Å². The molecule has 0 amide bonds. The zero-order valence-corrected chi connectivity index (χ0v) is 12.5. The maximum Gasteiger partial charge on any atom is 0.266 e. The van der Waals surface area contributed by atoms with Crippen LogP contribution < -0.4 is 5.56 Å². The van der Waals surface area contributed by atoms with Crippen molar-refractivity contribution in [2.45, 2.75) is 0 Å². The van der Waals surface area contributed by atoms with Crippen LogP contribution in [0.1, 0.15) is 5.82 Å². The second kappa shape index (κ2) is 5.26. The van der Waals surface area contributed by atoms with E-state index >= 15 is 0 Å². The first-order valence-electron chi connectivity index (χ1n) is 6.21. The van der Waals surface area contributed by atoms with Crippen LogP contribution in [-0.4, -0.2) is 9.55 Å². The van der Waals surface area contributed by atoms with Crippen LogP contribution in [0.2, 0.25) is 0 Å². The lowest BCUT2D eigenvalue weighted by atomic mass is 10.2. The summed E-state index contributed by atoms with van der Waals surface area (Å²) in [6, 6.07) is 11.2. The van der Waals surface area contributed by atoms with Crippen LogP contribution in [0.4, 0.5) is 4.39 Å². The average Bonchev–Trinajstić information content (AvgIpc) is 2.49. The van der Waals surface area contributed by atoms with E-state index in [1.165, 1.54) is 28.8 Å². The molecule has 0 aliphatic rings. The number of aromatic nitrogens is 2. The lowest BCUT2D eigenvalue weighted by Gasteiger charge is -2.12. The van der Waals surface area contributed by atoms with Gasteiger partial charge in [0.05, 0.1) is 16.6 Å². The Morgan fingerprint density at radius 2 is 2.00 bits per heavy atom. The highest BCUT2D eigenvalue weighted by Gasteiger charge is 2.13. The Bertz CT molecular complexity index is 918. The van der Waals surface area contributed by atoms with Crippen molar-refractivity contribution in [3.05, 3.63) is 75.5 Å². The van der Waals surface area contributed by atoms with Crippen molar-refractivity contribution in [3.63, 3.8) is 0 Å². The van der Waals surface area contributed by atoms with E-state index in [9.17, 15) is 9.18 Å². The van der Waals surface area contributed by atoms with Crippen LogP contribution in [0.3, 0.4) is 0 Å². The van der Waals surface area contributed by atoms with E-state index < -0.39 is 5.82 Å². The van der Waals surface area contributed by atoms with Gasteiger partial charge in [-0.2, -0.15) is 0 Å². The number of hydrogen-bond acceptors (Lipinski definition) is 2. The molecule has 3 nitrogen and oxygen atoms in total. The van der Waals surface area contributed by atoms with Gasteiger partial charge in [-0.25, -0.2) is 9.37 Å². The average molecular weight is 345 g/mol. The maximum absolute atomic E-state index is 13.4. The number of fused-ring (bicyclic) bond motifs is 1. The Morgan fingerprint density at radius 1 is 1.24 bits per heavy atom. The lowest BCUT2D eigenvalue weighted by Crippen LogP contribution is -2.22. The molecule has 5 heteroatoms. The van der Waals surface area contributed by atoms with E-state index in [0.29, 0.717) is 17.0 Å². The van der Waals surface area contributed by atoms with Gasteiger partial charge in [-0.1, -0.05) is 18.7 Å². The molecule has 2 aromatic carbocycles. The molecule has 104 valence electrons. The first-order valence-corrected chi connectivity index (χ1v) is 7.01. The Kier molecular flexibility index (Phi) is 3.43. The second-order valence-electron chi connectivity index (χ2n) is 4.43. The van der Waals surface area contributed by atoms with Crippen LogP contribution in [0.15, 0.2) is 58.3 Å². The largest absolute Gasteiger partial charge is 0.268 e. The van der Waals surface area contributed by atoms with Gasteiger partial charge in [0.2, 0.25) is 0 Å². The van der Waals surface area contributed by atoms with Gasteiger partial charge in [-0.05, 0) is 52.3 Å². The molecule has 0 bridgehead atoms. The van der Waals surface area contributed by atoms with Crippen molar-refractivity contribution in [1.29, 1.82) is 0 Å². The van der Waals surface area contributed by atoms with Gasteiger partial charge in [-0.15, -0.1) is 0 Å². The molecule has 0 saturated carbocycles. The minimum Gasteiger partial charge on any atom is -0.268 e. The fourth-order valence-corrected chi connectivity index (χ4v) is 2.64. The predicted molar refractivity (Wildman–Crippen MR) is 85.1 cm³/mol. The predicted octanol–water partition coefficient (Wildman–Crippen LogP) is 3.93. The summed E-state index contributed by atoms with van der Waals surface area (Å²) in [6.07, 6.45) is 1.50. The summed E-state index contributed by atoms with van der Waals surface area (Å²) >= 11 is 3.41. The van der Waals surface area contributed by atoms with E-state index in [2.05, 4.69) is 27.5 Å². The van der Waals surface area contributed by atoms with Gasteiger partial charge in [0.15, 0.2) is 0 Å². The molecule has 1 aromatic heterocycles. The maximum atomic E-state index is 13.4. The summed E-state index contributed by atoms with van der Waals surface area (Å²) < 4.78 is 15.6. The molecule has 3 aromatic rings. The molecular weight excluding hydrogens is 335 g/mol. The van der Waals surface area contributed by atoms with Crippen molar-refractivity contribution in [3.8, 4) is 5.69 Å². The fourth-order valence-electron chi connectivity index (χ4n) is 2.18. The number of nitrogens with zero attached hydrogens (tertiary/aromatic N) is 2. The third kappa shape index (κ3) is 2.29. The van der Waals surface area contributed by atoms with Crippen molar-refractivity contribution in [1.82, 2.24) is 9.55 Å². The Labute approximate surface area is 128 Å². The lowest BCUT2D eigenvalue weighted by molar-refractivity contribution is 0.629. The summed E-state index contributed by atoms with van der Waals surface area (Å²) in [4.78, 5) is 17.1. The Balaban J connectivity index is 2.47. The number of halogens is 2. The normalized spacial score (nSPS) is 10.8. The fraction of sp³-hybridized carbons (Fsp3) is 0. The Hall–Kier alpha value is -2.27. The molecule has 0 N–H and O–H groups in total. The molecule has 0 unspecified atom stereocenters. The van der Waals surface area contributed by atoms with Crippen molar-refractivity contribution in [2.24, 2.45) is 0 Å². The van der Waals surface area contributed by atoms with E-state index in [1.807, 2.05) is 18.2 Å². The second-order valence-corrected chi connectivity index (χ2v) is 5.28. The third-order valence-corrected chi connectivity index (χ3v) is 3.80. The van der Waals surface area contributed by atoms with Gasteiger partial charge < -0.3 is 0 Å². The quantitative estimate of drug-likeness (QED) is 0.705. The Morgan fingerprint density at radius 3 is 2.71 bits per heavy atom. The van der Waals surface area contributed by atoms with Crippen molar-refractivity contribution in [2.75, 3.05) is 0 Å². The van der Waals surface area contributed by atoms with Crippen LogP contribution >= 0.6 is 15.9 Å². The van der Waals surface area contributed by atoms with Crippen LogP contribution in [0.5, 0.6) is 0 Å². The van der Waals surface area contributed by atoms with Crippen LogP contribution in [0, 0.1) is 5.82 Å². The zero-order valence-electron chi connectivity index (χ0n) is 10.9. The van der Waals surface area contributed by atoms with E-state index in [0.717, 1.165) is 4.47 Å². The number of hydrogen-bond donors (Lipinski definition) is 0. The molecule has 1 heterocycles. The third-order valence-electron chi connectivity index (χ3n) is 3.13. The minimum atomic E-state index is -0.466. The molecule has 21 heavy (non-hydrogen) atoms. The SMILES string of the molecule is C=Cc1nc2ccc(F)cc2c(=O)n1-c1ccccc1Br. The van der Waals surface area contributed by atoms with E-state index in [-0.39, 0.29) is 10.9 Å². The smallest absolute Gasteiger partial charge is 0.266 e. The summed E-state index contributed by atoms with van der Waals surface area (Å²) in [5, 5.41) is 0.233.